The number of hydrogen-bond acceptors (Lipinski definition) is 4. The lowest BCUT2D eigenvalue weighted by Crippen LogP contribution is -2.32. The molecule has 1 aromatic carbocycles. The Kier molecular flexibility index (Phi) is 4.11. The van der Waals surface area contributed by atoms with E-state index in [1.807, 2.05) is 0 Å². The van der Waals surface area contributed by atoms with Crippen LogP contribution in [0, 0.1) is 0 Å². The van der Waals surface area contributed by atoms with E-state index in [2.05, 4.69) is 0 Å². The minimum absolute atomic E-state index is 0.134. The third-order valence-corrected chi connectivity index (χ3v) is 4.43. The van der Waals surface area contributed by atoms with Crippen molar-refractivity contribution >= 4 is 11.6 Å². The molecule has 0 radical (unpaired) electrons. The lowest BCUT2D eigenvalue weighted by molar-refractivity contribution is 0.344. The van der Waals surface area contributed by atoms with Crippen LogP contribution in [0.15, 0.2) is 6.07 Å². The second kappa shape index (κ2) is 5.47. The van der Waals surface area contributed by atoms with Gasteiger partial charge in [-0.3, -0.25) is 0 Å². The molecule has 1 fully saturated rings. The monoisotopic (exact) mass is 285 g/mol. The van der Waals surface area contributed by atoms with Crippen LogP contribution in [-0.4, -0.2) is 25.9 Å². The Hall–Kier alpha value is -1.13. The summed E-state index contributed by atoms with van der Waals surface area (Å²) in [5.74, 6) is 1.02. The predicted molar refractivity (Wildman–Crippen MR) is 75.4 cm³/mol. The van der Waals surface area contributed by atoms with Crippen molar-refractivity contribution in [3.8, 4) is 17.2 Å². The van der Waals surface area contributed by atoms with Gasteiger partial charge in [-0.2, -0.15) is 0 Å². The van der Waals surface area contributed by atoms with Gasteiger partial charge in [0.25, 0.3) is 0 Å². The number of phenolic OH excluding ortho intramolecular Hbond substituents is 1. The van der Waals surface area contributed by atoms with Gasteiger partial charge < -0.3 is 20.3 Å². The van der Waals surface area contributed by atoms with Crippen molar-refractivity contribution in [2.75, 3.05) is 20.8 Å². The third kappa shape index (κ3) is 2.23. The van der Waals surface area contributed by atoms with Crippen LogP contribution in [0.5, 0.6) is 17.2 Å². The molecule has 0 bridgehead atoms. The zero-order valence-electron chi connectivity index (χ0n) is 11.3. The molecule has 5 heteroatoms. The third-order valence-electron chi connectivity index (χ3n) is 4.07. The highest BCUT2D eigenvalue weighted by molar-refractivity contribution is 6.33. The van der Waals surface area contributed by atoms with Crippen molar-refractivity contribution in [1.82, 2.24) is 0 Å². The molecule has 0 aromatic heterocycles. The summed E-state index contributed by atoms with van der Waals surface area (Å²) in [6.07, 6.45) is 4.07. The van der Waals surface area contributed by atoms with Gasteiger partial charge in [-0.25, -0.2) is 0 Å². The van der Waals surface area contributed by atoms with E-state index in [1.165, 1.54) is 14.2 Å². The number of halogens is 1. The van der Waals surface area contributed by atoms with Gasteiger partial charge in [0.05, 0.1) is 19.2 Å². The second-order valence-corrected chi connectivity index (χ2v) is 5.39. The van der Waals surface area contributed by atoms with Crippen LogP contribution in [0.25, 0.3) is 0 Å². The first-order chi connectivity index (χ1) is 9.09. The molecular formula is C14H20ClNO3. The number of hydrogen-bond donors (Lipinski definition) is 2. The summed E-state index contributed by atoms with van der Waals surface area (Å²) in [6.45, 7) is 0.468. The SMILES string of the molecule is COc1cc(O)c(C2(CN)CCCC2)c(Cl)c1OC. The van der Waals surface area contributed by atoms with E-state index < -0.39 is 0 Å². The van der Waals surface area contributed by atoms with E-state index in [9.17, 15) is 5.11 Å². The summed E-state index contributed by atoms with van der Waals surface area (Å²) in [5.41, 5.74) is 6.41. The Morgan fingerprint density at radius 2 is 1.95 bits per heavy atom. The molecule has 0 atom stereocenters. The number of benzene rings is 1. The maximum Gasteiger partial charge on any atom is 0.179 e. The molecule has 1 aliphatic carbocycles. The fraction of sp³-hybridized carbons (Fsp3) is 0.571. The highest BCUT2D eigenvalue weighted by atomic mass is 35.5. The highest BCUT2D eigenvalue weighted by Gasteiger charge is 2.39. The molecule has 19 heavy (non-hydrogen) atoms. The van der Waals surface area contributed by atoms with Crippen molar-refractivity contribution in [1.29, 1.82) is 0 Å². The normalized spacial score (nSPS) is 17.5. The van der Waals surface area contributed by atoms with Crippen LogP contribution in [0.4, 0.5) is 0 Å². The van der Waals surface area contributed by atoms with Crippen molar-refractivity contribution in [2.45, 2.75) is 31.1 Å². The molecule has 0 saturated heterocycles. The summed E-state index contributed by atoms with van der Waals surface area (Å²) in [5, 5.41) is 10.7. The van der Waals surface area contributed by atoms with Crippen LogP contribution in [0.1, 0.15) is 31.2 Å². The van der Waals surface area contributed by atoms with Crippen molar-refractivity contribution in [2.24, 2.45) is 5.73 Å². The summed E-state index contributed by atoms with van der Waals surface area (Å²) in [4.78, 5) is 0. The van der Waals surface area contributed by atoms with E-state index in [-0.39, 0.29) is 11.2 Å². The van der Waals surface area contributed by atoms with Gasteiger partial charge in [0.15, 0.2) is 11.5 Å². The van der Waals surface area contributed by atoms with Gasteiger partial charge in [0.1, 0.15) is 5.75 Å². The average molecular weight is 286 g/mol. The molecule has 0 aliphatic heterocycles. The van der Waals surface area contributed by atoms with E-state index in [0.29, 0.717) is 28.6 Å². The predicted octanol–water partition coefficient (Wildman–Crippen LogP) is 2.83. The molecule has 106 valence electrons. The van der Waals surface area contributed by atoms with Crippen LogP contribution in [0.2, 0.25) is 5.02 Å². The van der Waals surface area contributed by atoms with Gasteiger partial charge in [-0.15, -0.1) is 0 Å². The van der Waals surface area contributed by atoms with Crippen LogP contribution >= 0.6 is 11.6 Å². The van der Waals surface area contributed by atoms with E-state index in [4.69, 9.17) is 26.8 Å². The average Bonchev–Trinajstić information content (AvgIpc) is 2.88. The first-order valence-corrected chi connectivity index (χ1v) is 6.81. The molecule has 0 unspecified atom stereocenters. The summed E-state index contributed by atoms with van der Waals surface area (Å²) in [6, 6.07) is 1.55. The molecule has 0 spiro atoms. The number of phenols is 1. The molecule has 0 heterocycles. The van der Waals surface area contributed by atoms with Gasteiger partial charge in [0, 0.05) is 23.6 Å². The first kappa shape index (κ1) is 14.3. The van der Waals surface area contributed by atoms with Gasteiger partial charge >= 0.3 is 0 Å². The smallest absolute Gasteiger partial charge is 0.179 e. The van der Waals surface area contributed by atoms with Crippen LogP contribution < -0.4 is 15.2 Å². The van der Waals surface area contributed by atoms with Gasteiger partial charge in [-0.05, 0) is 12.8 Å². The molecule has 0 amide bonds. The Morgan fingerprint density at radius 3 is 2.42 bits per heavy atom. The second-order valence-electron chi connectivity index (χ2n) is 5.01. The molecule has 3 N–H and O–H groups in total. The Balaban J connectivity index is 2.63. The first-order valence-electron chi connectivity index (χ1n) is 6.43. The quantitative estimate of drug-likeness (QED) is 0.893. The molecule has 2 rings (SSSR count). The molecule has 1 aliphatic rings. The van der Waals surface area contributed by atoms with Crippen LogP contribution in [-0.2, 0) is 5.41 Å². The number of nitrogens with two attached hydrogens (primary N) is 1. The van der Waals surface area contributed by atoms with Crippen molar-refractivity contribution in [3.05, 3.63) is 16.7 Å². The van der Waals surface area contributed by atoms with Gasteiger partial charge in [-0.1, -0.05) is 24.4 Å². The molecule has 1 aromatic rings. The lowest BCUT2D eigenvalue weighted by Gasteiger charge is -2.30. The zero-order valence-corrected chi connectivity index (χ0v) is 12.1. The fourth-order valence-electron chi connectivity index (χ4n) is 3.05. The van der Waals surface area contributed by atoms with Gasteiger partial charge in [0.2, 0.25) is 0 Å². The summed E-state index contributed by atoms with van der Waals surface area (Å²) in [7, 11) is 3.05. The fourth-order valence-corrected chi connectivity index (χ4v) is 3.52. The highest BCUT2D eigenvalue weighted by Crippen LogP contribution is 2.52. The number of ether oxygens (including phenoxy) is 2. The topological polar surface area (TPSA) is 64.7 Å². The Bertz CT molecular complexity index is 470. The number of aromatic hydroxyl groups is 1. The summed E-state index contributed by atoms with van der Waals surface area (Å²) >= 11 is 6.43. The zero-order chi connectivity index (χ0) is 14.0. The molecular weight excluding hydrogens is 266 g/mol. The maximum atomic E-state index is 10.3. The van der Waals surface area contributed by atoms with E-state index >= 15 is 0 Å². The Labute approximate surface area is 118 Å². The van der Waals surface area contributed by atoms with Crippen molar-refractivity contribution < 1.29 is 14.6 Å². The number of rotatable bonds is 4. The maximum absolute atomic E-state index is 10.3. The molecule has 1 saturated carbocycles. The molecule has 4 nitrogen and oxygen atoms in total. The number of methoxy groups -OCH3 is 2. The summed E-state index contributed by atoms with van der Waals surface area (Å²) < 4.78 is 10.5. The van der Waals surface area contributed by atoms with Crippen molar-refractivity contribution in [3.63, 3.8) is 0 Å². The van der Waals surface area contributed by atoms with E-state index in [1.54, 1.807) is 6.07 Å². The lowest BCUT2D eigenvalue weighted by atomic mass is 9.78. The minimum atomic E-state index is -0.249. The minimum Gasteiger partial charge on any atom is -0.507 e. The standard InChI is InChI=1S/C14H20ClNO3/c1-18-10-7-9(17)11(12(15)13(10)19-2)14(8-16)5-3-4-6-14/h7,17H,3-6,8,16H2,1-2H3. The van der Waals surface area contributed by atoms with E-state index in [0.717, 1.165) is 25.7 Å². The van der Waals surface area contributed by atoms with Crippen LogP contribution in [0.3, 0.4) is 0 Å². The largest absolute Gasteiger partial charge is 0.507 e. The Morgan fingerprint density at radius 1 is 1.32 bits per heavy atom.